The number of carbonyl (C=O) groups excluding carboxylic acids is 1. The number of ether oxygens (including phenoxy) is 1. The normalized spacial score (nSPS) is 10.6. The Balaban J connectivity index is 2.01. The van der Waals surface area contributed by atoms with E-state index in [1.165, 1.54) is 6.08 Å². The number of nitrogens with one attached hydrogen (secondary N) is 1. The van der Waals surface area contributed by atoms with E-state index in [0.717, 1.165) is 16.9 Å². The van der Waals surface area contributed by atoms with Crippen molar-refractivity contribution in [2.45, 2.75) is 6.92 Å². The summed E-state index contributed by atoms with van der Waals surface area (Å²) in [5, 5.41) is 3.40. The zero-order valence-electron chi connectivity index (χ0n) is 11.9. The van der Waals surface area contributed by atoms with Gasteiger partial charge < -0.3 is 10.1 Å². The predicted molar refractivity (Wildman–Crippen MR) is 86.8 cm³/mol. The molecule has 4 heteroatoms. The molecule has 0 heterocycles. The molecule has 0 spiro atoms. The van der Waals surface area contributed by atoms with Crippen molar-refractivity contribution in [2.24, 2.45) is 0 Å². The number of carbonyl (C=O) groups is 1. The Labute approximate surface area is 129 Å². The van der Waals surface area contributed by atoms with Crippen LogP contribution in [-0.4, -0.2) is 13.0 Å². The first-order chi connectivity index (χ1) is 10.1. The molecule has 0 saturated heterocycles. The SMILES string of the molecule is COc1ccc(/C=C/C(=O)Nc2ccc(Cl)cc2)cc1C. The van der Waals surface area contributed by atoms with Gasteiger partial charge in [-0.15, -0.1) is 0 Å². The first kappa shape index (κ1) is 15.1. The summed E-state index contributed by atoms with van der Waals surface area (Å²) < 4.78 is 5.20. The largest absolute Gasteiger partial charge is 0.496 e. The van der Waals surface area contributed by atoms with E-state index < -0.39 is 0 Å². The van der Waals surface area contributed by atoms with Gasteiger partial charge in [-0.25, -0.2) is 0 Å². The van der Waals surface area contributed by atoms with E-state index in [9.17, 15) is 4.79 Å². The number of rotatable bonds is 4. The van der Waals surface area contributed by atoms with Crippen molar-refractivity contribution in [3.63, 3.8) is 0 Å². The van der Waals surface area contributed by atoms with Gasteiger partial charge in [-0.1, -0.05) is 17.7 Å². The fourth-order valence-corrected chi connectivity index (χ4v) is 2.02. The predicted octanol–water partition coefficient (Wildman–Crippen LogP) is 4.31. The van der Waals surface area contributed by atoms with Crippen molar-refractivity contribution in [3.8, 4) is 5.75 Å². The van der Waals surface area contributed by atoms with Gasteiger partial charge in [-0.3, -0.25) is 4.79 Å². The number of methoxy groups -OCH3 is 1. The summed E-state index contributed by atoms with van der Waals surface area (Å²) in [4.78, 5) is 11.8. The number of anilines is 1. The van der Waals surface area contributed by atoms with E-state index in [4.69, 9.17) is 16.3 Å². The maximum absolute atomic E-state index is 11.8. The van der Waals surface area contributed by atoms with E-state index in [1.54, 1.807) is 37.5 Å². The van der Waals surface area contributed by atoms with Crippen molar-refractivity contribution in [1.29, 1.82) is 0 Å². The molecule has 2 aromatic carbocycles. The molecule has 0 saturated carbocycles. The number of benzene rings is 2. The molecular formula is C17H16ClNO2. The molecule has 2 aromatic rings. The van der Waals surface area contributed by atoms with E-state index in [1.807, 2.05) is 25.1 Å². The Morgan fingerprint density at radius 2 is 1.90 bits per heavy atom. The molecule has 108 valence electrons. The Kier molecular flexibility index (Phi) is 5.01. The number of amides is 1. The Morgan fingerprint density at radius 3 is 2.52 bits per heavy atom. The lowest BCUT2D eigenvalue weighted by Gasteiger charge is -2.05. The molecule has 0 aromatic heterocycles. The van der Waals surface area contributed by atoms with E-state index in [-0.39, 0.29) is 5.91 Å². The average Bonchev–Trinajstić information content (AvgIpc) is 2.48. The first-order valence-electron chi connectivity index (χ1n) is 6.48. The molecule has 1 amide bonds. The topological polar surface area (TPSA) is 38.3 Å². The molecular weight excluding hydrogens is 286 g/mol. The molecule has 0 unspecified atom stereocenters. The molecule has 0 aliphatic rings. The van der Waals surface area contributed by atoms with Crippen LogP contribution in [0.2, 0.25) is 5.02 Å². The maximum atomic E-state index is 11.8. The summed E-state index contributed by atoms with van der Waals surface area (Å²) in [5.74, 6) is 0.642. The Hall–Kier alpha value is -2.26. The van der Waals surface area contributed by atoms with Gasteiger partial charge >= 0.3 is 0 Å². The standard InChI is InChI=1S/C17H16ClNO2/c1-12-11-13(3-9-16(12)21-2)4-10-17(20)19-15-7-5-14(18)6-8-15/h3-11H,1-2H3,(H,19,20)/b10-4+. The highest BCUT2D eigenvalue weighted by Gasteiger charge is 2.00. The maximum Gasteiger partial charge on any atom is 0.248 e. The third kappa shape index (κ3) is 4.36. The monoisotopic (exact) mass is 301 g/mol. The molecule has 3 nitrogen and oxygen atoms in total. The van der Waals surface area contributed by atoms with Crippen molar-refractivity contribution in [1.82, 2.24) is 0 Å². The molecule has 0 atom stereocenters. The second-order valence-electron chi connectivity index (χ2n) is 4.56. The summed E-state index contributed by atoms with van der Waals surface area (Å²) in [6, 6.07) is 12.7. The van der Waals surface area contributed by atoms with Crippen LogP contribution in [0.3, 0.4) is 0 Å². The summed E-state index contributed by atoms with van der Waals surface area (Å²) in [5.41, 5.74) is 2.68. The van der Waals surface area contributed by atoms with E-state index >= 15 is 0 Å². The quantitative estimate of drug-likeness (QED) is 0.855. The summed E-state index contributed by atoms with van der Waals surface area (Å²) in [7, 11) is 1.64. The minimum Gasteiger partial charge on any atom is -0.496 e. The van der Waals surface area contributed by atoms with Crippen molar-refractivity contribution in [3.05, 3.63) is 64.7 Å². The van der Waals surface area contributed by atoms with Gasteiger partial charge in [0.25, 0.3) is 0 Å². The summed E-state index contributed by atoms with van der Waals surface area (Å²) in [6.45, 7) is 1.96. The van der Waals surface area contributed by atoms with Crippen LogP contribution in [-0.2, 0) is 4.79 Å². The van der Waals surface area contributed by atoms with Crippen LogP contribution >= 0.6 is 11.6 Å². The van der Waals surface area contributed by atoms with Crippen LogP contribution in [0.5, 0.6) is 5.75 Å². The number of hydrogen-bond donors (Lipinski definition) is 1. The van der Waals surface area contributed by atoms with Crippen molar-refractivity contribution >= 4 is 29.3 Å². The lowest BCUT2D eigenvalue weighted by Crippen LogP contribution is -2.07. The van der Waals surface area contributed by atoms with Gasteiger partial charge in [0.15, 0.2) is 0 Å². The zero-order valence-corrected chi connectivity index (χ0v) is 12.6. The lowest BCUT2D eigenvalue weighted by atomic mass is 10.1. The molecule has 0 fully saturated rings. The van der Waals surface area contributed by atoms with Crippen molar-refractivity contribution in [2.75, 3.05) is 12.4 Å². The third-order valence-corrected chi connectivity index (χ3v) is 3.21. The average molecular weight is 302 g/mol. The third-order valence-electron chi connectivity index (χ3n) is 2.96. The van der Waals surface area contributed by atoms with Crippen LogP contribution in [0.1, 0.15) is 11.1 Å². The van der Waals surface area contributed by atoms with Gasteiger partial charge in [0.2, 0.25) is 5.91 Å². The second-order valence-corrected chi connectivity index (χ2v) is 4.99. The highest BCUT2D eigenvalue weighted by molar-refractivity contribution is 6.30. The van der Waals surface area contributed by atoms with Crippen LogP contribution in [0, 0.1) is 6.92 Å². The Bertz CT molecular complexity index is 663. The van der Waals surface area contributed by atoms with Gasteiger partial charge in [-0.05, 0) is 60.5 Å². The zero-order chi connectivity index (χ0) is 15.2. The molecule has 0 aliphatic heterocycles. The van der Waals surface area contributed by atoms with Crippen LogP contribution in [0.25, 0.3) is 6.08 Å². The van der Waals surface area contributed by atoms with E-state index in [0.29, 0.717) is 10.7 Å². The fourth-order valence-electron chi connectivity index (χ4n) is 1.89. The van der Waals surface area contributed by atoms with Gasteiger partial charge in [0, 0.05) is 16.8 Å². The lowest BCUT2D eigenvalue weighted by molar-refractivity contribution is -0.111. The fraction of sp³-hybridized carbons (Fsp3) is 0.118. The molecule has 21 heavy (non-hydrogen) atoms. The number of aryl methyl sites for hydroxylation is 1. The second kappa shape index (κ2) is 6.95. The van der Waals surface area contributed by atoms with Crippen LogP contribution < -0.4 is 10.1 Å². The molecule has 1 N–H and O–H groups in total. The molecule has 0 bridgehead atoms. The summed E-state index contributed by atoms with van der Waals surface area (Å²) >= 11 is 5.79. The first-order valence-corrected chi connectivity index (χ1v) is 6.85. The van der Waals surface area contributed by atoms with Gasteiger partial charge in [0.05, 0.1) is 7.11 Å². The van der Waals surface area contributed by atoms with Crippen molar-refractivity contribution < 1.29 is 9.53 Å². The smallest absolute Gasteiger partial charge is 0.248 e. The minimum absolute atomic E-state index is 0.189. The van der Waals surface area contributed by atoms with Gasteiger partial charge in [0.1, 0.15) is 5.75 Å². The minimum atomic E-state index is -0.189. The number of halogens is 1. The van der Waals surface area contributed by atoms with E-state index in [2.05, 4.69) is 5.32 Å². The number of hydrogen-bond acceptors (Lipinski definition) is 2. The molecule has 0 radical (unpaired) electrons. The molecule has 2 rings (SSSR count). The highest BCUT2D eigenvalue weighted by atomic mass is 35.5. The van der Waals surface area contributed by atoms with Crippen LogP contribution in [0.4, 0.5) is 5.69 Å². The molecule has 0 aliphatic carbocycles. The Morgan fingerprint density at radius 1 is 1.19 bits per heavy atom. The van der Waals surface area contributed by atoms with Gasteiger partial charge in [-0.2, -0.15) is 0 Å². The highest BCUT2D eigenvalue weighted by Crippen LogP contribution is 2.19. The summed E-state index contributed by atoms with van der Waals surface area (Å²) in [6.07, 6.45) is 3.26. The van der Waals surface area contributed by atoms with Crippen LogP contribution in [0.15, 0.2) is 48.5 Å².